The van der Waals surface area contributed by atoms with Gasteiger partial charge in [0, 0.05) is 0 Å². The Bertz CT molecular complexity index is 808. The van der Waals surface area contributed by atoms with Crippen molar-refractivity contribution in [2.45, 2.75) is 12.0 Å². The van der Waals surface area contributed by atoms with Crippen molar-refractivity contribution in [3.05, 3.63) is 18.5 Å². The van der Waals surface area contributed by atoms with Crippen LogP contribution in [0.1, 0.15) is 0 Å². The Morgan fingerprint density at radius 3 is 3.17 bits per heavy atom. The Labute approximate surface area is 136 Å². The van der Waals surface area contributed by atoms with Crippen molar-refractivity contribution < 1.29 is 29.5 Å². The number of nitrogens with two attached hydrogens (primary N) is 1. The zero-order chi connectivity index (χ0) is 17.4. The summed E-state index contributed by atoms with van der Waals surface area (Å²) in [4.78, 5) is 23.0. The predicted molar refractivity (Wildman–Crippen MR) is 82.1 cm³/mol. The molecule has 1 aromatic rings. The summed E-state index contributed by atoms with van der Waals surface area (Å²) in [7, 11) is -4.01. The second kappa shape index (κ2) is 5.95. The molecule has 12 heteroatoms. The van der Waals surface area contributed by atoms with Crippen LogP contribution in [0.5, 0.6) is 0 Å². The Balaban J connectivity index is 1.76. The molecular weight excluding hydrogens is 339 g/mol. The van der Waals surface area contributed by atoms with Crippen LogP contribution in [0.3, 0.4) is 0 Å². The van der Waals surface area contributed by atoms with Crippen LogP contribution in [0.4, 0.5) is 17.3 Å². The zero-order valence-electron chi connectivity index (χ0n) is 12.3. The highest BCUT2D eigenvalue weighted by atomic mass is 31.2. The number of hydrogen-bond donors (Lipinski definition) is 3. The summed E-state index contributed by atoms with van der Waals surface area (Å²) in [5.74, 6) is 4.25. The summed E-state index contributed by atoms with van der Waals surface area (Å²) in [6.07, 6.45) is 9.87. The summed E-state index contributed by atoms with van der Waals surface area (Å²) in [5, 5.41) is 0. The van der Waals surface area contributed by atoms with Gasteiger partial charge in [-0.05, 0) is 23.1 Å². The van der Waals surface area contributed by atoms with E-state index in [1.807, 2.05) is 0 Å². The molecule has 0 bridgehead atoms. The summed E-state index contributed by atoms with van der Waals surface area (Å²) in [5.41, 5.74) is 6.15. The van der Waals surface area contributed by atoms with Gasteiger partial charge in [-0.3, -0.25) is 9.30 Å². The van der Waals surface area contributed by atoms with Crippen LogP contribution in [0, 0.1) is 12.3 Å². The van der Waals surface area contributed by atoms with Crippen molar-refractivity contribution in [1.29, 1.82) is 0 Å². The van der Waals surface area contributed by atoms with Crippen LogP contribution in [-0.4, -0.2) is 39.6 Å². The largest absolute Gasteiger partial charge is 0.404 e. The van der Waals surface area contributed by atoms with Gasteiger partial charge in [0.25, 0.3) is 23.6 Å². The Kier molecular flexibility index (Phi) is 4.10. The molecule has 2 aliphatic rings. The smallest absolute Gasteiger partial charge is 0.380 e. The second-order valence-electron chi connectivity index (χ2n) is 4.80. The topological polar surface area (TPSA) is 162 Å². The number of hydrogen-bond acceptors (Lipinski definition) is 9. The predicted octanol–water partition coefficient (Wildman–Crippen LogP) is -1.55. The molecule has 3 atom stereocenters. The SMILES string of the molecule is C#C[C@]1(OCP(=O)(O)O[NH3+])C=C[C@H](N2C=[N+]c3c(N)ncnc32)O1. The lowest BCUT2D eigenvalue weighted by Gasteiger charge is -2.24. The third-order valence-corrected chi connectivity index (χ3v) is 4.14. The molecule has 6 N–H and O–H groups in total. The van der Waals surface area contributed by atoms with Gasteiger partial charge in [-0.1, -0.05) is 0 Å². The number of terminal acetylenes is 1. The van der Waals surface area contributed by atoms with E-state index in [2.05, 4.69) is 31.4 Å². The van der Waals surface area contributed by atoms with Crippen LogP contribution in [0.25, 0.3) is 0 Å². The Hall–Kier alpha value is -2.32. The fourth-order valence-corrected chi connectivity index (χ4v) is 2.52. The summed E-state index contributed by atoms with van der Waals surface area (Å²) < 4.78 is 26.6. The molecule has 0 spiro atoms. The highest BCUT2D eigenvalue weighted by Gasteiger charge is 2.45. The van der Waals surface area contributed by atoms with E-state index in [4.69, 9.17) is 21.6 Å². The van der Waals surface area contributed by atoms with Gasteiger partial charge in [-0.25, -0.2) is 10.9 Å². The number of nitrogens with zero attached hydrogens (tertiary/aromatic N) is 4. The maximum Gasteiger partial charge on any atom is 0.404 e. The van der Waals surface area contributed by atoms with Crippen LogP contribution in [-0.2, 0) is 18.7 Å². The molecule has 1 radical (unpaired) electrons. The maximum atomic E-state index is 11.5. The molecule has 0 saturated carbocycles. The maximum absolute atomic E-state index is 11.5. The van der Waals surface area contributed by atoms with Crippen molar-refractivity contribution in [2.24, 2.45) is 0 Å². The first kappa shape index (κ1) is 16.5. The minimum absolute atomic E-state index is 0.231. The summed E-state index contributed by atoms with van der Waals surface area (Å²) in [6, 6.07) is 0. The quantitative estimate of drug-likeness (QED) is 0.246. The van der Waals surface area contributed by atoms with Gasteiger partial charge in [0.1, 0.15) is 6.33 Å². The number of aromatic nitrogens is 2. The number of rotatable bonds is 5. The van der Waals surface area contributed by atoms with Gasteiger partial charge >= 0.3 is 7.60 Å². The average Bonchev–Trinajstić information content (AvgIpc) is 3.18. The van der Waals surface area contributed by atoms with Gasteiger partial charge in [-0.15, -0.1) is 11.0 Å². The number of ether oxygens (including phenoxy) is 2. The molecule has 0 saturated heterocycles. The monoisotopic (exact) mass is 353 g/mol. The molecule has 3 heterocycles. The molecule has 2 aliphatic heterocycles. The number of aliphatic imine (C=N–C) groups is 1. The van der Waals surface area contributed by atoms with Gasteiger partial charge in [0.05, 0.1) is 0 Å². The highest BCUT2D eigenvalue weighted by molar-refractivity contribution is 7.52. The standard InChI is InChI=1S/C12H13N6O5P/c1-2-12(21-7-24(19,20)23-14)4-3-8(22-12)18-6-17-9-10(13)15-5-16-11(9)18/h1,3-6,8H,7H2,14H3,(H2-,13,15,16,19,20)/q+1/p+1/t8-,12-/m1/s1. The van der Waals surface area contributed by atoms with E-state index in [-0.39, 0.29) is 5.82 Å². The van der Waals surface area contributed by atoms with E-state index in [0.29, 0.717) is 11.5 Å². The molecule has 125 valence electrons. The zero-order valence-corrected chi connectivity index (χ0v) is 13.2. The fourth-order valence-electron chi connectivity index (χ4n) is 2.09. The molecule has 24 heavy (non-hydrogen) atoms. The van der Waals surface area contributed by atoms with Gasteiger partial charge in [0.15, 0.2) is 12.2 Å². The molecule has 11 nitrogen and oxygen atoms in total. The highest BCUT2D eigenvalue weighted by Crippen LogP contribution is 2.41. The number of quaternary nitrogens is 1. The van der Waals surface area contributed by atoms with Gasteiger partial charge in [-0.2, -0.15) is 9.88 Å². The van der Waals surface area contributed by atoms with Gasteiger partial charge < -0.3 is 15.4 Å². The van der Waals surface area contributed by atoms with Crippen molar-refractivity contribution in [2.75, 3.05) is 17.0 Å². The normalized spacial score (nSPS) is 27.0. The third-order valence-electron chi connectivity index (χ3n) is 3.28. The molecule has 0 fully saturated rings. The van der Waals surface area contributed by atoms with Crippen molar-refractivity contribution in [3.8, 4) is 12.3 Å². The molecule has 1 unspecified atom stereocenters. The lowest BCUT2D eigenvalue weighted by molar-refractivity contribution is -0.640. The Morgan fingerprint density at radius 1 is 1.67 bits per heavy atom. The molecule has 0 amide bonds. The van der Waals surface area contributed by atoms with E-state index in [9.17, 15) is 9.46 Å². The fraction of sp³-hybridized carbons (Fsp3) is 0.250. The molecular formula is C12H14N6O5P+2. The van der Waals surface area contributed by atoms with Crippen molar-refractivity contribution >= 4 is 31.3 Å². The van der Waals surface area contributed by atoms with E-state index in [1.165, 1.54) is 18.7 Å². The average molecular weight is 353 g/mol. The lowest BCUT2D eigenvalue weighted by Crippen LogP contribution is -2.48. The van der Waals surface area contributed by atoms with Crippen LogP contribution >= 0.6 is 7.60 Å². The van der Waals surface area contributed by atoms with Crippen molar-refractivity contribution in [3.63, 3.8) is 0 Å². The third kappa shape index (κ3) is 2.90. The molecule has 1 aromatic heterocycles. The first-order valence-corrected chi connectivity index (χ1v) is 8.33. The van der Waals surface area contributed by atoms with E-state index in [1.54, 1.807) is 11.0 Å². The van der Waals surface area contributed by atoms with Gasteiger partial charge in [0.2, 0.25) is 6.23 Å². The molecule has 0 aliphatic carbocycles. The van der Waals surface area contributed by atoms with E-state index in [0.717, 1.165) is 0 Å². The minimum Gasteiger partial charge on any atom is -0.380 e. The molecule has 3 rings (SSSR count). The van der Waals surface area contributed by atoms with Crippen LogP contribution in [0.15, 0.2) is 18.5 Å². The van der Waals surface area contributed by atoms with E-state index < -0.39 is 26.0 Å². The minimum atomic E-state index is -4.01. The first-order chi connectivity index (χ1) is 11.4. The number of anilines is 2. The summed E-state index contributed by atoms with van der Waals surface area (Å²) in [6.45, 7) is 0. The van der Waals surface area contributed by atoms with Crippen molar-refractivity contribution in [1.82, 2.24) is 15.0 Å². The number of nitrogen functional groups attached to an aromatic ring is 1. The second-order valence-corrected chi connectivity index (χ2v) is 6.59. The first-order valence-electron chi connectivity index (χ1n) is 6.57. The molecule has 0 aromatic carbocycles. The summed E-state index contributed by atoms with van der Waals surface area (Å²) >= 11 is 0. The lowest BCUT2D eigenvalue weighted by atomic mass is 10.3. The van der Waals surface area contributed by atoms with Crippen LogP contribution < -0.4 is 21.5 Å². The number of fused-ring (bicyclic) bond motifs is 1. The Morgan fingerprint density at radius 2 is 2.46 bits per heavy atom. The van der Waals surface area contributed by atoms with Crippen LogP contribution in [0.2, 0.25) is 0 Å². The van der Waals surface area contributed by atoms with E-state index >= 15 is 0 Å².